The van der Waals surface area contributed by atoms with Crippen LogP contribution in [0.15, 0.2) is 22.7 Å². The zero-order chi connectivity index (χ0) is 12.9. The number of halogens is 2. The summed E-state index contributed by atoms with van der Waals surface area (Å²) in [5.74, 6) is -0.231. The van der Waals surface area contributed by atoms with Gasteiger partial charge in [-0.2, -0.15) is 0 Å². The Morgan fingerprint density at radius 2 is 2.00 bits per heavy atom. The van der Waals surface area contributed by atoms with E-state index in [0.29, 0.717) is 12.1 Å². The van der Waals surface area contributed by atoms with Gasteiger partial charge in [-0.25, -0.2) is 4.39 Å². The predicted molar refractivity (Wildman–Crippen MR) is 71.3 cm³/mol. The lowest BCUT2D eigenvalue weighted by molar-refractivity contribution is 0.149. The molecule has 4 heteroatoms. The minimum atomic E-state index is -0.306. The van der Waals surface area contributed by atoms with Crippen LogP contribution in [0.25, 0.3) is 0 Å². The molecule has 0 aliphatic rings. The molecule has 0 aliphatic carbocycles. The molecule has 0 saturated heterocycles. The SMILES string of the molecule is CCC(CC)(CO)NCc1ccc(Br)cc1F. The van der Waals surface area contributed by atoms with Crippen molar-refractivity contribution in [3.05, 3.63) is 34.1 Å². The second-order valence-electron chi connectivity index (χ2n) is 4.23. The Morgan fingerprint density at radius 3 is 2.47 bits per heavy atom. The molecule has 0 unspecified atom stereocenters. The topological polar surface area (TPSA) is 32.3 Å². The molecule has 1 aromatic carbocycles. The Hall–Kier alpha value is -0.450. The number of hydrogen-bond donors (Lipinski definition) is 2. The third kappa shape index (κ3) is 3.76. The van der Waals surface area contributed by atoms with Crippen LogP contribution in [0.2, 0.25) is 0 Å². The van der Waals surface area contributed by atoms with Gasteiger partial charge >= 0.3 is 0 Å². The molecule has 17 heavy (non-hydrogen) atoms. The zero-order valence-corrected chi connectivity index (χ0v) is 11.8. The molecule has 0 fully saturated rings. The Morgan fingerprint density at radius 1 is 1.35 bits per heavy atom. The molecule has 0 aliphatic heterocycles. The molecule has 0 aromatic heterocycles. The molecule has 96 valence electrons. The summed E-state index contributed by atoms with van der Waals surface area (Å²) in [4.78, 5) is 0. The molecule has 0 saturated carbocycles. The van der Waals surface area contributed by atoms with E-state index in [4.69, 9.17) is 0 Å². The average Bonchev–Trinajstić information content (AvgIpc) is 2.33. The predicted octanol–water partition coefficient (Wildman–Crippen LogP) is 3.23. The van der Waals surface area contributed by atoms with Gasteiger partial charge in [0.15, 0.2) is 0 Å². The van der Waals surface area contributed by atoms with Gasteiger partial charge in [-0.05, 0) is 25.0 Å². The monoisotopic (exact) mass is 303 g/mol. The number of rotatable bonds is 6. The second kappa shape index (κ2) is 6.47. The molecule has 2 nitrogen and oxygen atoms in total. The molecular weight excluding hydrogens is 285 g/mol. The highest BCUT2D eigenvalue weighted by Gasteiger charge is 2.24. The van der Waals surface area contributed by atoms with Crippen LogP contribution < -0.4 is 5.32 Å². The molecule has 0 atom stereocenters. The first-order valence-electron chi connectivity index (χ1n) is 5.86. The van der Waals surface area contributed by atoms with E-state index >= 15 is 0 Å². The molecular formula is C13H19BrFNO. The number of hydrogen-bond acceptors (Lipinski definition) is 2. The van der Waals surface area contributed by atoms with Crippen LogP contribution in [0.5, 0.6) is 0 Å². The molecule has 1 rings (SSSR count). The van der Waals surface area contributed by atoms with E-state index in [0.717, 1.165) is 17.3 Å². The van der Waals surface area contributed by atoms with Crippen molar-refractivity contribution < 1.29 is 9.50 Å². The molecule has 0 heterocycles. The highest BCUT2D eigenvalue weighted by Crippen LogP contribution is 2.18. The molecule has 0 radical (unpaired) electrons. The van der Waals surface area contributed by atoms with Crippen LogP contribution in [0.3, 0.4) is 0 Å². The van der Waals surface area contributed by atoms with Gasteiger partial charge in [0.1, 0.15) is 5.82 Å². The minimum absolute atomic E-state index is 0.0676. The van der Waals surface area contributed by atoms with Crippen molar-refractivity contribution in [3.63, 3.8) is 0 Å². The maximum absolute atomic E-state index is 13.6. The summed E-state index contributed by atoms with van der Waals surface area (Å²) in [5, 5.41) is 12.7. The fourth-order valence-electron chi connectivity index (χ4n) is 1.73. The molecule has 0 amide bonds. The fraction of sp³-hybridized carbons (Fsp3) is 0.538. The highest BCUT2D eigenvalue weighted by atomic mass is 79.9. The standard InChI is InChI=1S/C13H19BrFNO/c1-3-13(4-2,9-17)16-8-10-5-6-11(14)7-12(10)15/h5-7,16-17H,3-4,8-9H2,1-2H3. The van der Waals surface area contributed by atoms with Gasteiger partial charge in [0, 0.05) is 22.1 Å². The van der Waals surface area contributed by atoms with Crippen LogP contribution in [-0.2, 0) is 6.54 Å². The third-order valence-corrected chi connectivity index (χ3v) is 3.82. The van der Waals surface area contributed by atoms with Gasteiger partial charge in [0.25, 0.3) is 0 Å². The van der Waals surface area contributed by atoms with Crippen molar-refractivity contribution in [1.29, 1.82) is 0 Å². The number of aliphatic hydroxyl groups is 1. The van der Waals surface area contributed by atoms with E-state index < -0.39 is 0 Å². The Bertz CT molecular complexity index is 358. The van der Waals surface area contributed by atoms with Gasteiger partial charge < -0.3 is 10.4 Å². The summed E-state index contributed by atoms with van der Waals surface area (Å²) >= 11 is 3.23. The largest absolute Gasteiger partial charge is 0.394 e. The summed E-state index contributed by atoms with van der Waals surface area (Å²) in [5.41, 5.74) is 0.312. The Labute approximate surface area is 110 Å². The fourth-order valence-corrected chi connectivity index (χ4v) is 2.06. The lowest BCUT2D eigenvalue weighted by Crippen LogP contribution is -2.47. The van der Waals surface area contributed by atoms with Crippen molar-refractivity contribution in [2.75, 3.05) is 6.61 Å². The van der Waals surface area contributed by atoms with E-state index in [1.807, 2.05) is 19.9 Å². The number of aliphatic hydroxyl groups excluding tert-OH is 1. The summed E-state index contributed by atoms with van der Waals surface area (Å²) in [6, 6.07) is 5.02. The first kappa shape index (κ1) is 14.6. The third-order valence-electron chi connectivity index (χ3n) is 3.33. The first-order valence-corrected chi connectivity index (χ1v) is 6.66. The lowest BCUT2D eigenvalue weighted by atomic mass is 9.93. The zero-order valence-electron chi connectivity index (χ0n) is 10.3. The van der Waals surface area contributed by atoms with E-state index in [2.05, 4.69) is 21.2 Å². The van der Waals surface area contributed by atoms with Crippen molar-refractivity contribution in [2.24, 2.45) is 0 Å². The van der Waals surface area contributed by atoms with Crippen molar-refractivity contribution in [2.45, 2.75) is 38.8 Å². The van der Waals surface area contributed by atoms with Crippen LogP contribution in [-0.4, -0.2) is 17.3 Å². The quantitative estimate of drug-likeness (QED) is 0.846. The summed E-state index contributed by atoms with van der Waals surface area (Å²) in [6.07, 6.45) is 1.64. The molecule has 0 spiro atoms. The van der Waals surface area contributed by atoms with E-state index in [9.17, 15) is 9.50 Å². The van der Waals surface area contributed by atoms with Crippen LogP contribution >= 0.6 is 15.9 Å². The first-order chi connectivity index (χ1) is 8.06. The van der Waals surface area contributed by atoms with Crippen LogP contribution in [0, 0.1) is 5.82 Å². The van der Waals surface area contributed by atoms with E-state index in [1.54, 1.807) is 6.07 Å². The summed E-state index contributed by atoms with van der Waals surface area (Å²) in [7, 11) is 0. The minimum Gasteiger partial charge on any atom is -0.394 e. The van der Waals surface area contributed by atoms with Crippen LogP contribution in [0.4, 0.5) is 4.39 Å². The van der Waals surface area contributed by atoms with Crippen molar-refractivity contribution >= 4 is 15.9 Å². The van der Waals surface area contributed by atoms with Gasteiger partial charge in [0.2, 0.25) is 0 Å². The van der Waals surface area contributed by atoms with Gasteiger partial charge in [-0.15, -0.1) is 0 Å². The molecule has 1 aromatic rings. The second-order valence-corrected chi connectivity index (χ2v) is 5.15. The van der Waals surface area contributed by atoms with Crippen molar-refractivity contribution in [1.82, 2.24) is 5.32 Å². The van der Waals surface area contributed by atoms with Crippen molar-refractivity contribution in [3.8, 4) is 0 Å². The van der Waals surface area contributed by atoms with Gasteiger partial charge in [-0.1, -0.05) is 35.8 Å². The van der Waals surface area contributed by atoms with E-state index in [1.165, 1.54) is 6.07 Å². The van der Waals surface area contributed by atoms with E-state index in [-0.39, 0.29) is 18.0 Å². The Balaban J connectivity index is 2.72. The van der Waals surface area contributed by atoms with Crippen LogP contribution in [0.1, 0.15) is 32.3 Å². The highest BCUT2D eigenvalue weighted by molar-refractivity contribution is 9.10. The normalized spacial score (nSPS) is 11.8. The number of benzene rings is 1. The smallest absolute Gasteiger partial charge is 0.128 e. The maximum Gasteiger partial charge on any atom is 0.128 e. The molecule has 2 N–H and O–H groups in total. The van der Waals surface area contributed by atoms with Gasteiger partial charge in [0.05, 0.1) is 6.61 Å². The maximum atomic E-state index is 13.6. The molecule has 0 bridgehead atoms. The Kier molecular flexibility index (Phi) is 5.56. The van der Waals surface area contributed by atoms with Gasteiger partial charge in [-0.3, -0.25) is 0 Å². The summed E-state index contributed by atoms with van der Waals surface area (Å²) < 4.78 is 14.3. The average molecular weight is 304 g/mol. The lowest BCUT2D eigenvalue weighted by Gasteiger charge is -2.31. The number of nitrogens with one attached hydrogen (secondary N) is 1. The summed E-state index contributed by atoms with van der Waals surface area (Å²) in [6.45, 7) is 4.54.